The first kappa shape index (κ1) is 30.9. The van der Waals surface area contributed by atoms with Crippen molar-refractivity contribution < 1.29 is 27.4 Å². The molecule has 1 saturated heterocycles. The van der Waals surface area contributed by atoms with Crippen molar-refractivity contribution in [2.24, 2.45) is 0 Å². The Bertz CT molecular complexity index is 1260. The van der Waals surface area contributed by atoms with Crippen molar-refractivity contribution in [1.29, 1.82) is 0 Å². The van der Waals surface area contributed by atoms with Crippen LogP contribution in [0, 0.1) is 17.5 Å². The second kappa shape index (κ2) is 15.8. The molecule has 1 aliphatic rings. The minimum Gasteiger partial charge on any atom is -0.490 e. The van der Waals surface area contributed by atoms with E-state index in [0.717, 1.165) is 37.7 Å². The van der Waals surface area contributed by atoms with E-state index >= 15 is 4.39 Å². The van der Waals surface area contributed by atoms with Crippen molar-refractivity contribution in [3.8, 4) is 28.0 Å². The van der Waals surface area contributed by atoms with Gasteiger partial charge in [0, 0.05) is 17.9 Å². The molecule has 1 fully saturated rings. The summed E-state index contributed by atoms with van der Waals surface area (Å²) in [7, 11) is 0. The first-order chi connectivity index (χ1) is 20.0. The highest BCUT2D eigenvalue weighted by atomic mass is 19.2. The van der Waals surface area contributed by atoms with Crippen LogP contribution in [0.1, 0.15) is 76.7 Å². The summed E-state index contributed by atoms with van der Waals surface area (Å²) >= 11 is 0. The minimum atomic E-state index is -0.977. The number of hydrogen-bond acceptors (Lipinski definition) is 3. The Labute approximate surface area is 242 Å². The van der Waals surface area contributed by atoms with Crippen molar-refractivity contribution in [2.45, 2.75) is 77.4 Å². The number of rotatable bonds is 14. The van der Waals surface area contributed by atoms with Crippen molar-refractivity contribution in [3.05, 3.63) is 89.8 Å². The molecule has 0 saturated carbocycles. The highest BCUT2D eigenvalue weighted by Gasteiger charge is 2.25. The van der Waals surface area contributed by atoms with Gasteiger partial charge in [0.1, 0.15) is 5.82 Å². The van der Waals surface area contributed by atoms with E-state index in [9.17, 15) is 8.78 Å². The number of ether oxygens (including phenoxy) is 3. The molecule has 4 rings (SSSR count). The van der Waals surface area contributed by atoms with Gasteiger partial charge in [-0.2, -0.15) is 4.39 Å². The summed E-state index contributed by atoms with van der Waals surface area (Å²) in [5, 5.41) is 0. The first-order valence-electron chi connectivity index (χ1n) is 14.9. The third-order valence-corrected chi connectivity index (χ3v) is 7.54. The van der Waals surface area contributed by atoms with E-state index < -0.39 is 11.6 Å². The molecule has 0 aromatic heterocycles. The zero-order valence-electron chi connectivity index (χ0n) is 24.1. The van der Waals surface area contributed by atoms with Gasteiger partial charge in [0.05, 0.1) is 19.8 Å². The predicted octanol–water partition coefficient (Wildman–Crippen LogP) is 9.99. The second-order valence-corrected chi connectivity index (χ2v) is 10.6. The van der Waals surface area contributed by atoms with Gasteiger partial charge in [-0.15, -0.1) is 0 Å². The molecule has 0 aliphatic carbocycles. The summed E-state index contributed by atoms with van der Waals surface area (Å²) in [6.45, 7) is 5.34. The lowest BCUT2D eigenvalue weighted by Crippen LogP contribution is -2.31. The van der Waals surface area contributed by atoms with Crippen molar-refractivity contribution >= 4 is 0 Å². The lowest BCUT2D eigenvalue weighted by atomic mass is 9.95. The molecule has 220 valence electrons. The first-order valence-corrected chi connectivity index (χ1v) is 14.9. The summed E-state index contributed by atoms with van der Waals surface area (Å²) in [5.74, 6) is -2.46. The highest BCUT2D eigenvalue weighted by Crippen LogP contribution is 2.33. The minimum absolute atomic E-state index is 0.0649. The Balaban J connectivity index is 1.35. The van der Waals surface area contributed by atoms with Crippen LogP contribution in [0.15, 0.2) is 66.7 Å². The van der Waals surface area contributed by atoms with Gasteiger partial charge in [-0.3, -0.25) is 0 Å². The quantitative estimate of drug-likeness (QED) is 0.144. The fraction of sp³-hybridized carbons (Fsp3) is 0.429. The second-order valence-electron chi connectivity index (χ2n) is 10.6. The molecule has 0 spiro atoms. The molecule has 0 radical (unpaired) electrons. The Hall–Kier alpha value is -3.09. The van der Waals surface area contributed by atoms with E-state index in [-0.39, 0.29) is 29.3 Å². The Kier molecular flexibility index (Phi) is 11.9. The Morgan fingerprint density at radius 1 is 0.805 bits per heavy atom. The highest BCUT2D eigenvalue weighted by molar-refractivity contribution is 5.71. The fourth-order valence-electron chi connectivity index (χ4n) is 5.10. The third-order valence-electron chi connectivity index (χ3n) is 7.54. The van der Waals surface area contributed by atoms with Crippen molar-refractivity contribution in [3.63, 3.8) is 0 Å². The van der Waals surface area contributed by atoms with Gasteiger partial charge in [0.15, 0.2) is 17.9 Å². The topological polar surface area (TPSA) is 27.7 Å². The summed E-state index contributed by atoms with van der Waals surface area (Å²) in [6, 6.07) is 15.2. The maximum atomic E-state index is 15.1. The van der Waals surface area contributed by atoms with E-state index in [2.05, 4.69) is 13.0 Å². The van der Waals surface area contributed by atoms with Gasteiger partial charge >= 0.3 is 0 Å². The van der Waals surface area contributed by atoms with Gasteiger partial charge in [-0.1, -0.05) is 87.6 Å². The van der Waals surface area contributed by atoms with Gasteiger partial charge in [0.25, 0.3) is 0 Å². The Morgan fingerprint density at radius 2 is 1.49 bits per heavy atom. The number of benzene rings is 3. The molecule has 0 amide bonds. The molecule has 0 atom stereocenters. The molecule has 0 N–H and O–H groups in total. The average molecular weight is 567 g/mol. The van der Waals surface area contributed by atoms with Crippen LogP contribution >= 0.6 is 0 Å². The molecule has 3 aromatic rings. The average Bonchev–Trinajstić information content (AvgIpc) is 2.99. The molecular weight excluding hydrogens is 525 g/mol. The molecule has 3 aromatic carbocycles. The lowest BCUT2D eigenvalue weighted by Gasteiger charge is -2.29. The summed E-state index contributed by atoms with van der Waals surface area (Å²) in [5.41, 5.74) is 2.73. The smallest absolute Gasteiger partial charge is 0.201 e. The molecular formula is C35H41F3O3. The molecule has 0 bridgehead atoms. The summed E-state index contributed by atoms with van der Waals surface area (Å²) in [6.07, 6.45) is 12.0. The van der Waals surface area contributed by atoms with Gasteiger partial charge < -0.3 is 14.2 Å². The number of allylic oxidation sites excluding steroid dienone is 2. The maximum Gasteiger partial charge on any atom is 0.201 e. The van der Waals surface area contributed by atoms with Crippen LogP contribution in [-0.4, -0.2) is 26.1 Å². The monoisotopic (exact) mass is 566 g/mol. The SMILES string of the molecule is C/C=C/CCC1OCC(c2ccc(-c3ccc(-c4ccc(OCCCCCCCC)c(F)c4F)cc3)cc2F)CO1. The molecule has 1 heterocycles. The number of unbranched alkanes of at least 4 members (excludes halogenated alkanes) is 5. The van der Waals surface area contributed by atoms with Crippen LogP contribution in [0.3, 0.4) is 0 Å². The van der Waals surface area contributed by atoms with Crippen molar-refractivity contribution in [2.75, 3.05) is 19.8 Å². The molecule has 1 aliphatic heterocycles. The van der Waals surface area contributed by atoms with E-state index in [1.165, 1.54) is 37.5 Å². The van der Waals surface area contributed by atoms with Crippen LogP contribution in [0.2, 0.25) is 0 Å². The van der Waals surface area contributed by atoms with Crippen LogP contribution < -0.4 is 4.74 Å². The van der Waals surface area contributed by atoms with E-state index in [1.54, 1.807) is 30.3 Å². The third kappa shape index (κ3) is 8.46. The van der Waals surface area contributed by atoms with Crippen LogP contribution in [0.25, 0.3) is 22.3 Å². The summed E-state index contributed by atoms with van der Waals surface area (Å²) in [4.78, 5) is 0. The molecule has 41 heavy (non-hydrogen) atoms. The predicted molar refractivity (Wildman–Crippen MR) is 159 cm³/mol. The number of halogens is 3. The molecule has 6 heteroatoms. The summed E-state index contributed by atoms with van der Waals surface area (Å²) < 4.78 is 61.9. The zero-order chi connectivity index (χ0) is 29.0. The number of hydrogen-bond donors (Lipinski definition) is 0. The van der Waals surface area contributed by atoms with Crippen LogP contribution in [-0.2, 0) is 9.47 Å². The normalized spacial score (nSPS) is 17.3. The van der Waals surface area contributed by atoms with E-state index in [4.69, 9.17) is 14.2 Å². The van der Waals surface area contributed by atoms with Crippen LogP contribution in [0.5, 0.6) is 5.75 Å². The van der Waals surface area contributed by atoms with Gasteiger partial charge in [-0.25, -0.2) is 8.78 Å². The maximum absolute atomic E-state index is 15.1. The fourth-order valence-corrected chi connectivity index (χ4v) is 5.10. The largest absolute Gasteiger partial charge is 0.490 e. The zero-order valence-corrected chi connectivity index (χ0v) is 24.1. The van der Waals surface area contributed by atoms with Crippen molar-refractivity contribution in [1.82, 2.24) is 0 Å². The standard InChI is InChI=1S/C35H41F3O3/c1-3-5-7-8-9-11-21-39-32-20-19-30(34(37)35(32)38)26-15-13-25(14-16-26)27-17-18-29(31(36)22-27)28-23-40-33(41-24-28)12-10-6-4-2/h4,6,13-20,22,28,33H,3,5,7-12,21,23-24H2,1-2H3/b6-4+. The van der Waals surface area contributed by atoms with Gasteiger partial charge in [0.2, 0.25) is 5.82 Å². The molecule has 3 nitrogen and oxygen atoms in total. The lowest BCUT2D eigenvalue weighted by molar-refractivity contribution is -0.189. The van der Waals surface area contributed by atoms with E-state index in [1.807, 2.05) is 19.1 Å². The van der Waals surface area contributed by atoms with Gasteiger partial charge in [-0.05, 0) is 60.2 Å². The Morgan fingerprint density at radius 3 is 2.20 bits per heavy atom. The van der Waals surface area contributed by atoms with Crippen LogP contribution in [0.4, 0.5) is 13.2 Å². The van der Waals surface area contributed by atoms with E-state index in [0.29, 0.717) is 36.5 Å². The molecule has 0 unspecified atom stereocenters.